The van der Waals surface area contributed by atoms with Gasteiger partial charge >= 0.3 is 6.01 Å². The van der Waals surface area contributed by atoms with E-state index in [9.17, 15) is 9.18 Å². The zero-order valence-electron chi connectivity index (χ0n) is 22.8. The van der Waals surface area contributed by atoms with E-state index in [0.29, 0.717) is 59.5 Å². The minimum absolute atomic E-state index is 0.154. The number of rotatable bonds is 8. The average Bonchev–Trinajstić information content (AvgIpc) is 3.47. The molecule has 3 heterocycles. The van der Waals surface area contributed by atoms with Crippen molar-refractivity contribution in [1.82, 2.24) is 25.3 Å². The number of carbonyl (C=O) groups excluding carboxylic acids is 1. The highest BCUT2D eigenvalue weighted by Crippen LogP contribution is 2.35. The predicted molar refractivity (Wildman–Crippen MR) is 153 cm³/mol. The molecule has 1 amide bonds. The van der Waals surface area contributed by atoms with Gasteiger partial charge in [-0.25, -0.2) is 14.4 Å². The van der Waals surface area contributed by atoms with Crippen molar-refractivity contribution in [1.29, 1.82) is 0 Å². The van der Waals surface area contributed by atoms with Gasteiger partial charge in [-0.1, -0.05) is 43.3 Å². The monoisotopic (exact) mass is 565 g/mol. The Morgan fingerprint density at radius 3 is 2.38 bits per heavy atom. The SMILES string of the molecule is CC1(CNC(=O)c2ccccc2)COC(c2nc(-c3ccc(F)cc3)c(-c3ccnc(Oc4ccccc4)n3)[nH]2)OC1. The van der Waals surface area contributed by atoms with Crippen LogP contribution in [0.3, 0.4) is 0 Å². The number of imidazole rings is 1. The molecule has 0 aliphatic carbocycles. The summed E-state index contributed by atoms with van der Waals surface area (Å²) < 4.78 is 31.8. The summed E-state index contributed by atoms with van der Waals surface area (Å²) in [4.78, 5) is 29.4. The number of benzene rings is 3. The van der Waals surface area contributed by atoms with E-state index in [1.165, 1.54) is 12.1 Å². The van der Waals surface area contributed by atoms with Gasteiger partial charge in [0.25, 0.3) is 5.91 Å². The number of H-pyrrole nitrogens is 1. The van der Waals surface area contributed by atoms with Crippen LogP contribution in [-0.4, -0.2) is 45.6 Å². The molecule has 3 aromatic carbocycles. The number of para-hydroxylation sites is 1. The zero-order valence-corrected chi connectivity index (χ0v) is 22.8. The lowest BCUT2D eigenvalue weighted by Gasteiger charge is -2.36. The molecule has 1 saturated heterocycles. The zero-order chi connectivity index (χ0) is 28.9. The number of aromatic nitrogens is 4. The molecule has 0 spiro atoms. The van der Waals surface area contributed by atoms with Gasteiger partial charge in [-0.2, -0.15) is 4.98 Å². The maximum Gasteiger partial charge on any atom is 0.322 e. The lowest BCUT2D eigenvalue weighted by molar-refractivity contribution is -0.231. The van der Waals surface area contributed by atoms with Crippen LogP contribution < -0.4 is 10.1 Å². The van der Waals surface area contributed by atoms with Crippen molar-refractivity contribution in [3.05, 3.63) is 114 Å². The minimum atomic E-state index is -0.780. The average molecular weight is 566 g/mol. The second kappa shape index (κ2) is 11.9. The molecule has 42 heavy (non-hydrogen) atoms. The van der Waals surface area contributed by atoms with E-state index in [0.717, 1.165) is 0 Å². The van der Waals surface area contributed by atoms with Crippen molar-refractivity contribution in [2.75, 3.05) is 19.8 Å². The van der Waals surface area contributed by atoms with Gasteiger partial charge in [0.15, 0.2) is 5.82 Å². The molecule has 0 bridgehead atoms. The molecule has 0 radical (unpaired) electrons. The van der Waals surface area contributed by atoms with Crippen molar-refractivity contribution in [2.45, 2.75) is 13.2 Å². The summed E-state index contributed by atoms with van der Waals surface area (Å²) >= 11 is 0. The molecule has 1 aliphatic rings. The molecule has 9 nitrogen and oxygen atoms in total. The summed E-state index contributed by atoms with van der Waals surface area (Å²) in [5, 5.41) is 2.97. The molecule has 212 valence electrons. The van der Waals surface area contributed by atoms with Crippen molar-refractivity contribution in [2.24, 2.45) is 5.41 Å². The first kappa shape index (κ1) is 27.3. The van der Waals surface area contributed by atoms with Crippen LogP contribution in [0.2, 0.25) is 0 Å². The molecular weight excluding hydrogens is 537 g/mol. The normalized spacial score (nSPS) is 18.4. The standard InChI is InChI=1S/C32H28FN5O4/c1-32(18-35-29(39)22-8-4-2-5-9-22)19-40-30(41-20-32)28-37-26(21-12-14-23(33)15-13-21)27(38-28)25-16-17-34-31(36-25)42-24-10-6-3-7-11-24/h2-17,30H,18-20H2,1H3,(H,35,39)(H,37,38). The van der Waals surface area contributed by atoms with Gasteiger partial charge in [0.1, 0.15) is 11.6 Å². The van der Waals surface area contributed by atoms with Crippen LogP contribution in [0.15, 0.2) is 97.2 Å². The Morgan fingerprint density at radius 1 is 0.976 bits per heavy atom. The highest BCUT2D eigenvalue weighted by Gasteiger charge is 2.35. The summed E-state index contributed by atoms with van der Waals surface area (Å²) in [6.07, 6.45) is 0.816. The van der Waals surface area contributed by atoms with Crippen LogP contribution in [0.25, 0.3) is 22.6 Å². The number of amides is 1. The summed E-state index contributed by atoms with van der Waals surface area (Å²) in [7, 11) is 0. The van der Waals surface area contributed by atoms with E-state index >= 15 is 0 Å². The molecule has 1 fully saturated rings. The number of hydrogen-bond donors (Lipinski definition) is 2. The van der Waals surface area contributed by atoms with Gasteiger partial charge < -0.3 is 24.5 Å². The van der Waals surface area contributed by atoms with Crippen molar-refractivity contribution < 1.29 is 23.4 Å². The lowest BCUT2D eigenvalue weighted by atomic mass is 9.92. The summed E-state index contributed by atoms with van der Waals surface area (Å²) in [6.45, 7) is 3.03. The highest BCUT2D eigenvalue weighted by atomic mass is 19.1. The molecule has 0 unspecified atom stereocenters. The van der Waals surface area contributed by atoms with Crippen LogP contribution in [0.5, 0.6) is 11.8 Å². The Morgan fingerprint density at radius 2 is 1.67 bits per heavy atom. The Kier molecular flexibility index (Phi) is 7.72. The van der Waals surface area contributed by atoms with E-state index in [1.54, 1.807) is 36.5 Å². The van der Waals surface area contributed by atoms with Crippen LogP contribution in [0.4, 0.5) is 4.39 Å². The van der Waals surface area contributed by atoms with Crippen LogP contribution >= 0.6 is 0 Å². The second-order valence-electron chi connectivity index (χ2n) is 10.3. The van der Waals surface area contributed by atoms with E-state index in [4.69, 9.17) is 19.2 Å². The number of halogens is 1. The van der Waals surface area contributed by atoms with Crippen LogP contribution in [-0.2, 0) is 9.47 Å². The number of carbonyl (C=O) groups is 1. The van der Waals surface area contributed by atoms with Gasteiger partial charge in [-0.3, -0.25) is 4.79 Å². The number of nitrogens with zero attached hydrogens (tertiary/aromatic N) is 3. The maximum atomic E-state index is 13.7. The largest absolute Gasteiger partial charge is 0.424 e. The van der Waals surface area contributed by atoms with Crippen molar-refractivity contribution in [3.63, 3.8) is 0 Å². The minimum Gasteiger partial charge on any atom is -0.424 e. The molecule has 6 rings (SSSR count). The first-order valence-electron chi connectivity index (χ1n) is 13.4. The van der Waals surface area contributed by atoms with E-state index in [-0.39, 0.29) is 17.7 Å². The molecule has 2 N–H and O–H groups in total. The number of hydrogen-bond acceptors (Lipinski definition) is 7. The fourth-order valence-corrected chi connectivity index (χ4v) is 4.52. The summed E-state index contributed by atoms with van der Waals surface area (Å²) in [6, 6.07) is 26.2. The van der Waals surface area contributed by atoms with Gasteiger partial charge in [-0.15, -0.1) is 0 Å². The molecule has 0 saturated carbocycles. The molecule has 10 heteroatoms. The van der Waals surface area contributed by atoms with Crippen molar-refractivity contribution >= 4 is 5.91 Å². The maximum absolute atomic E-state index is 13.7. The van der Waals surface area contributed by atoms with Gasteiger partial charge in [0.2, 0.25) is 6.29 Å². The first-order chi connectivity index (χ1) is 20.5. The quantitative estimate of drug-likeness (QED) is 0.239. The Labute approximate surface area is 241 Å². The summed E-state index contributed by atoms with van der Waals surface area (Å²) in [5.41, 5.74) is 2.49. The molecular formula is C32H28FN5O4. The van der Waals surface area contributed by atoms with Crippen molar-refractivity contribution in [3.8, 4) is 34.4 Å². The van der Waals surface area contributed by atoms with Crippen LogP contribution in [0, 0.1) is 11.2 Å². The fourth-order valence-electron chi connectivity index (χ4n) is 4.52. The third-order valence-electron chi connectivity index (χ3n) is 6.78. The highest BCUT2D eigenvalue weighted by molar-refractivity contribution is 5.94. The van der Waals surface area contributed by atoms with Crippen LogP contribution in [0.1, 0.15) is 29.4 Å². The number of ether oxygens (including phenoxy) is 3. The first-order valence-corrected chi connectivity index (χ1v) is 13.4. The Hall–Kier alpha value is -4.93. The van der Waals surface area contributed by atoms with E-state index in [2.05, 4.69) is 20.3 Å². The fraction of sp³-hybridized carbons (Fsp3) is 0.188. The molecule has 2 aromatic heterocycles. The molecule has 1 aliphatic heterocycles. The van der Waals surface area contributed by atoms with E-state index in [1.807, 2.05) is 55.5 Å². The smallest absolute Gasteiger partial charge is 0.322 e. The van der Waals surface area contributed by atoms with Gasteiger partial charge in [0.05, 0.1) is 30.3 Å². The van der Waals surface area contributed by atoms with Gasteiger partial charge in [-0.05, 0) is 54.6 Å². The number of aromatic amines is 1. The van der Waals surface area contributed by atoms with Gasteiger partial charge in [0, 0.05) is 29.3 Å². The third-order valence-corrected chi connectivity index (χ3v) is 6.78. The lowest BCUT2D eigenvalue weighted by Crippen LogP contribution is -2.45. The predicted octanol–water partition coefficient (Wildman–Crippen LogP) is 5.95. The number of nitrogens with one attached hydrogen (secondary N) is 2. The second-order valence-corrected chi connectivity index (χ2v) is 10.3. The molecule has 0 atom stereocenters. The Balaban J connectivity index is 1.22. The topological polar surface area (TPSA) is 111 Å². The third kappa shape index (κ3) is 6.19. The Bertz CT molecular complexity index is 1650. The molecule has 5 aromatic rings. The van der Waals surface area contributed by atoms with E-state index < -0.39 is 11.7 Å². The summed E-state index contributed by atoms with van der Waals surface area (Å²) in [5.74, 6) is 0.530.